The van der Waals surface area contributed by atoms with Gasteiger partial charge in [0.05, 0.1) is 14.2 Å². The molecule has 136 valence electrons. The van der Waals surface area contributed by atoms with E-state index in [9.17, 15) is 4.79 Å². The van der Waals surface area contributed by atoms with Crippen molar-refractivity contribution < 1.29 is 14.3 Å². The number of hydrogen-bond acceptors (Lipinski definition) is 4. The van der Waals surface area contributed by atoms with Crippen LogP contribution in [0.4, 0.5) is 5.69 Å². The molecule has 0 aliphatic carbocycles. The lowest BCUT2D eigenvalue weighted by Gasteiger charge is -2.25. The van der Waals surface area contributed by atoms with Crippen molar-refractivity contribution in [3.05, 3.63) is 52.0 Å². The monoisotopic (exact) mass is 428 g/mol. The van der Waals surface area contributed by atoms with Gasteiger partial charge in [-0.3, -0.25) is 4.79 Å². The summed E-state index contributed by atoms with van der Waals surface area (Å²) >= 11 is 3.37. The van der Waals surface area contributed by atoms with Crippen molar-refractivity contribution in [2.24, 2.45) is 5.73 Å². The highest BCUT2D eigenvalue weighted by molar-refractivity contribution is 9.10. The average molecular weight is 430 g/mol. The quantitative estimate of drug-likeness (QED) is 0.753. The van der Waals surface area contributed by atoms with Crippen LogP contribution < -0.4 is 20.5 Å². The van der Waals surface area contributed by atoms with Crippen molar-refractivity contribution in [2.75, 3.05) is 19.5 Å². The number of aryl methyl sites for hydroxylation is 1. The summed E-state index contributed by atoms with van der Waals surface area (Å²) in [4.78, 5) is 12.7. The minimum absolute atomic E-state index is 0. The van der Waals surface area contributed by atoms with Crippen molar-refractivity contribution in [1.29, 1.82) is 0 Å². The van der Waals surface area contributed by atoms with Crippen molar-refractivity contribution in [1.82, 2.24) is 0 Å². The van der Waals surface area contributed by atoms with Gasteiger partial charge in [0.25, 0.3) is 0 Å². The fraction of sp³-hybridized carbons (Fsp3) is 0.278. The third kappa shape index (κ3) is 4.66. The van der Waals surface area contributed by atoms with Gasteiger partial charge in [-0.15, -0.1) is 12.4 Å². The van der Waals surface area contributed by atoms with Crippen LogP contribution in [0.25, 0.3) is 0 Å². The topological polar surface area (TPSA) is 73.6 Å². The van der Waals surface area contributed by atoms with Crippen molar-refractivity contribution in [2.45, 2.75) is 19.4 Å². The Hall–Kier alpha value is -1.76. The zero-order valence-electron chi connectivity index (χ0n) is 14.6. The van der Waals surface area contributed by atoms with Crippen molar-refractivity contribution >= 4 is 39.9 Å². The molecule has 5 nitrogen and oxygen atoms in total. The minimum Gasteiger partial charge on any atom is -0.493 e. The van der Waals surface area contributed by atoms with E-state index in [-0.39, 0.29) is 18.3 Å². The smallest absolute Gasteiger partial charge is 0.248 e. The first-order valence-corrected chi connectivity index (χ1v) is 8.18. The van der Waals surface area contributed by atoms with Crippen LogP contribution in [0.5, 0.6) is 11.5 Å². The number of nitrogens with one attached hydrogen (secondary N) is 1. The van der Waals surface area contributed by atoms with Gasteiger partial charge in [0.1, 0.15) is 5.54 Å². The Morgan fingerprint density at radius 3 is 2.16 bits per heavy atom. The molecular weight excluding hydrogens is 408 g/mol. The number of benzene rings is 2. The number of amides is 1. The van der Waals surface area contributed by atoms with Gasteiger partial charge in [0.15, 0.2) is 11.5 Å². The molecule has 25 heavy (non-hydrogen) atoms. The second-order valence-electron chi connectivity index (χ2n) is 5.69. The van der Waals surface area contributed by atoms with Gasteiger partial charge in [0.2, 0.25) is 5.91 Å². The molecule has 2 aromatic carbocycles. The third-order valence-electron chi connectivity index (χ3n) is 3.89. The van der Waals surface area contributed by atoms with Crippen LogP contribution in [-0.2, 0) is 10.3 Å². The Morgan fingerprint density at radius 1 is 1.12 bits per heavy atom. The Bertz CT molecular complexity index is 749. The summed E-state index contributed by atoms with van der Waals surface area (Å²) in [5, 5.41) is 2.88. The molecule has 1 unspecified atom stereocenters. The van der Waals surface area contributed by atoms with E-state index in [0.717, 1.165) is 15.6 Å². The fourth-order valence-corrected chi connectivity index (χ4v) is 2.56. The second kappa shape index (κ2) is 8.56. The molecule has 0 aliphatic heterocycles. The van der Waals surface area contributed by atoms with Crippen LogP contribution in [0.2, 0.25) is 0 Å². The molecule has 1 amide bonds. The maximum absolute atomic E-state index is 12.7. The fourth-order valence-electron chi connectivity index (χ4n) is 2.29. The molecule has 0 saturated carbocycles. The molecule has 0 radical (unpaired) electrons. The lowest BCUT2D eigenvalue weighted by atomic mass is 9.92. The predicted molar refractivity (Wildman–Crippen MR) is 106 cm³/mol. The van der Waals surface area contributed by atoms with Gasteiger partial charge in [-0.25, -0.2) is 0 Å². The molecule has 0 aromatic heterocycles. The van der Waals surface area contributed by atoms with Gasteiger partial charge >= 0.3 is 0 Å². The van der Waals surface area contributed by atoms with E-state index >= 15 is 0 Å². The predicted octanol–water partition coefficient (Wildman–Crippen LogP) is 4.01. The van der Waals surface area contributed by atoms with Gasteiger partial charge in [-0.2, -0.15) is 0 Å². The first-order valence-electron chi connectivity index (χ1n) is 7.38. The third-order valence-corrected chi connectivity index (χ3v) is 4.42. The summed E-state index contributed by atoms with van der Waals surface area (Å²) < 4.78 is 11.5. The van der Waals surface area contributed by atoms with Crippen LogP contribution in [0.3, 0.4) is 0 Å². The van der Waals surface area contributed by atoms with Crippen LogP contribution in [0, 0.1) is 6.92 Å². The lowest BCUT2D eigenvalue weighted by Crippen LogP contribution is -2.45. The van der Waals surface area contributed by atoms with Crippen LogP contribution in [-0.4, -0.2) is 20.1 Å². The van der Waals surface area contributed by atoms with Gasteiger partial charge in [-0.05, 0) is 43.2 Å². The Balaban J connectivity index is 0.00000312. The molecule has 2 aromatic rings. The Labute approximate surface area is 162 Å². The number of methoxy groups -OCH3 is 2. The van der Waals surface area contributed by atoms with E-state index in [1.807, 2.05) is 37.3 Å². The summed E-state index contributed by atoms with van der Waals surface area (Å²) in [7, 11) is 3.12. The molecule has 0 aliphatic rings. The van der Waals surface area contributed by atoms with Crippen LogP contribution >= 0.6 is 28.3 Å². The van der Waals surface area contributed by atoms with E-state index in [1.54, 1.807) is 27.2 Å². The maximum atomic E-state index is 12.7. The number of halogens is 2. The first kappa shape index (κ1) is 21.3. The largest absolute Gasteiger partial charge is 0.493 e. The van der Waals surface area contributed by atoms with Crippen molar-refractivity contribution in [3.8, 4) is 11.5 Å². The SMILES string of the molecule is COc1cc(C)c(NC(=O)C(C)(N)c2ccc(Br)cc2)cc1OC.Cl. The highest BCUT2D eigenvalue weighted by Crippen LogP contribution is 2.33. The molecule has 0 fully saturated rings. The van der Waals surface area contributed by atoms with E-state index in [0.29, 0.717) is 17.2 Å². The maximum Gasteiger partial charge on any atom is 0.248 e. The van der Waals surface area contributed by atoms with Gasteiger partial charge in [0, 0.05) is 16.2 Å². The zero-order chi connectivity index (χ0) is 17.9. The van der Waals surface area contributed by atoms with Gasteiger partial charge in [-0.1, -0.05) is 28.1 Å². The standard InChI is InChI=1S/C18H21BrN2O3.ClH/c1-11-9-15(23-3)16(24-4)10-14(11)21-17(22)18(2,20)12-5-7-13(19)8-6-12;/h5-10H,20H2,1-4H3,(H,21,22);1H. The molecule has 0 spiro atoms. The highest BCUT2D eigenvalue weighted by atomic mass is 79.9. The summed E-state index contributed by atoms with van der Waals surface area (Å²) in [6.07, 6.45) is 0. The van der Waals surface area contributed by atoms with E-state index < -0.39 is 5.54 Å². The number of carbonyl (C=O) groups is 1. The summed E-state index contributed by atoms with van der Waals surface area (Å²) in [5.74, 6) is 0.845. The summed E-state index contributed by atoms with van der Waals surface area (Å²) in [6, 6.07) is 10.9. The number of rotatable bonds is 5. The molecule has 1 atom stereocenters. The number of nitrogens with two attached hydrogens (primary N) is 1. The molecule has 0 heterocycles. The summed E-state index contributed by atoms with van der Waals surface area (Å²) in [5.41, 5.74) is 7.32. The molecule has 3 N–H and O–H groups in total. The normalized spacial score (nSPS) is 12.6. The van der Waals surface area contributed by atoms with Crippen LogP contribution in [0.15, 0.2) is 40.9 Å². The molecule has 2 rings (SSSR count). The van der Waals surface area contributed by atoms with E-state index in [1.165, 1.54) is 0 Å². The highest BCUT2D eigenvalue weighted by Gasteiger charge is 2.31. The van der Waals surface area contributed by atoms with Crippen molar-refractivity contribution in [3.63, 3.8) is 0 Å². The molecule has 0 saturated heterocycles. The Morgan fingerprint density at radius 2 is 1.64 bits per heavy atom. The zero-order valence-corrected chi connectivity index (χ0v) is 17.0. The second-order valence-corrected chi connectivity index (χ2v) is 6.60. The Kier molecular flexibility index (Phi) is 7.29. The number of carbonyl (C=O) groups excluding carboxylic acids is 1. The molecule has 7 heteroatoms. The molecular formula is C18H22BrClN2O3. The summed E-state index contributed by atoms with van der Waals surface area (Å²) in [6.45, 7) is 3.56. The number of anilines is 1. The number of ether oxygens (including phenoxy) is 2. The van der Waals surface area contributed by atoms with Gasteiger partial charge < -0.3 is 20.5 Å². The average Bonchev–Trinajstić information content (AvgIpc) is 2.56. The lowest BCUT2D eigenvalue weighted by molar-refractivity contribution is -0.120. The first-order chi connectivity index (χ1) is 11.3. The van der Waals surface area contributed by atoms with Crippen LogP contribution in [0.1, 0.15) is 18.1 Å². The molecule has 0 bridgehead atoms. The number of hydrogen-bond donors (Lipinski definition) is 2. The minimum atomic E-state index is -1.17. The van der Waals surface area contributed by atoms with E-state index in [2.05, 4.69) is 21.2 Å². The van der Waals surface area contributed by atoms with E-state index in [4.69, 9.17) is 15.2 Å².